The van der Waals surface area contributed by atoms with Crippen molar-refractivity contribution in [1.82, 2.24) is 0 Å². The van der Waals surface area contributed by atoms with E-state index in [0.717, 1.165) is 32.4 Å². The monoisotopic (exact) mass is 338 g/mol. The molecule has 0 saturated heterocycles. The average molecular weight is 338 g/mol. The minimum Gasteiger partial charge on any atom is -0.497 e. The molecular formula is C20H18O3S. The van der Waals surface area contributed by atoms with Crippen molar-refractivity contribution in [1.29, 1.82) is 0 Å². The summed E-state index contributed by atoms with van der Waals surface area (Å²) in [6.45, 7) is 0. The van der Waals surface area contributed by atoms with E-state index in [0.29, 0.717) is 6.42 Å². The van der Waals surface area contributed by atoms with Crippen LogP contribution in [0.15, 0.2) is 60.7 Å². The van der Waals surface area contributed by atoms with Gasteiger partial charge in [0.15, 0.2) is 5.78 Å². The van der Waals surface area contributed by atoms with Crippen molar-refractivity contribution in [3.05, 3.63) is 71.1 Å². The van der Waals surface area contributed by atoms with Gasteiger partial charge in [-0.2, -0.15) is 0 Å². The predicted molar refractivity (Wildman–Crippen MR) is 97.3 cm³/mol. The first kappa shape index (κ1) is 16.3. The van der Waals surface area contributed by atoms with Crippen LogP contribution < -0.4 is 9.47 Å². The van der Waals surface area contributed by atoms with Crippen LogP contribution in [0.3, 0.4) is 0 Å². The van der Waals surface area contributed by atoms with Crippen LogP contribution in [0.2, 0.25) is 0 Å². The highest BCUT2D eigenvalue weighted by Gasteiger charge is 2.12. The molecule has 0 radical (unpaired) electrons. The van der Waals surface area contributed by atoms with Crippen LogP contribution in [0.1, 0.15) is 15.2 Å². The van der Waals surface area contributed by atoms with E-state index in [9.17, 15) is 4.79 Å². The maximum Gasteiger partial charge on any atom is 0.177 e. The fourth-order valence-corrected chi connectivity index (χ4v) is 3.41. The van der Waals surface area contributed by atoms with E-state index in [4.69, 9.17) is 9.47 Å². The molecule has 1 heterocycles. The largest absolute Gasteiger partial charge is 0.497 e. The highest BCUT2D eigenvalue weighted by Crippen LogP contribution is 2.31. The number of benzene rings is 2. The molecule has 1 aromatic heterocycles. The molecule has 0 unspecified atom stereocenters. The van der Waals surface area contributed by atoms with Gasteiger partial charge in [-0.1, -0.05) is 24.3 Å². The summed E-state index contributed by atoms with van der Waals surface area (Å²) in [4.78, 5) is 14.3. The molecule has 0 atom stereocenters. The van der Waals surface area contributed by atoms with Crippen molar-refractivity contribution in [2.45, 2.75) is 6.42 Å². The molecule has 3 aromatic rings. The average Bonchev–Trinajstić information content (AvgIpc) is 3.12. The van der Waals surface area contributed by atoms with Gasteiger partial charge in [-0.15, -0.1) is 11.3 Å². The summed E-state index contributed by atoms with van der Waals surface area (Å²) in [5, 5.41) is 0. The first-order valence-electron chi connectivity index (χ1n) is 7.60. The zero-order chi connectivity index (χ0) is 16.9. The lowest BCUT2D eigenvalue weighted by Gasteiger charge is -2.03. The SMILES string of the molecule is COc1cccc(CC(=O)c2ccc(-c3cccc(OC)c3)s2)c1. The molecule has 0 aliphatic carbocycles. The molecule has 2 aromatic carbocycles. The van der Waals surface area contributed by atoms with Crippen LogP contribution >= 0.6 is 11.3 Å². The molecule has 0 spiro atoms. The molecule has 0 bridgehead atoms. The fourth-order valence-electron chi connectivity index (χ4n) is 2.47. The Kier molecular flexibility index (Phi) is 4.96. The number of ether oxygens (including phenoxy) is 2. The maximum absolute atomic E-state index is 12.5. The molecule has 3 nitrogen and oxygen atoms in total. The normalized spacial score (nSPS) is 10.4. The third kappa shape index (κ3) is 3.66. The number of ketones is 1. The van der Waals surface area contributed by atoms with Gasteiger partial charge in [0.2, 0.25) is 0 Å². The number of methoxy groups -OCH3 is 2. The van der Waals surface area contributed by atoms with Gasteiger partial charge >= 0.3 is 0 Å². The van der Waals surface area contributed by atoms with Crippen molar-refractivity contribution in [3.8, 4) is 21.9 Å². The zero-order valence-corrected chi connectivity index (χ0v) is 14.4. The standard InChI is InChI=1S/C20H18O3S/c1-22-16-7-3-5-14(11-16)12-18(21)20-10-9-19(24-20)15-6-4-8-17(13-15)23-2/h3-11,13H,12H2,1-2H3. The maximum atomic E-state index is 12.5. The third-order valence-corrected chi connectivity index (χ3v) is 4.91. The highest BCUT2D eigenvalue weighted by atomic mass is 32.1. The number of thiophene rings is 1. The van der Waals surface area contributed by atoms with Crippen LogP contribution in [-0.4, -0.2) is 20.0 Å². The Morgan fingerprint density at radius 2 is 1.62 bits per heavy atom. The summed E-state index contributed by atoms with van der Waals surface area (Å²) in [6.07, 6.45) is 0.370. The van der Waals surface area contributed by atoms with Crippen molar-refractivity contribution < 1.29 is 14.3 Å². The molecule has 0 aliphatic rings. The minimum absolute atomic E-state index is 0.113. The number of carbonyl (C=O) groups excluding carboxylic acids is 1. The topological polar surface area (TPSA) is 35.5 Å². The molecule has 0 fully saturated rings. The van der Waals surface area contributed by atoms with Gasteiger partial charge in [0, 0.05) is 11.3 Å². The smallest absolute Gasteiger partial charge is 0.177 e. The van der Waals surface area contributed by atoms with Gasteiger partial charge in [0.25, 0.3) is 0 Å². The van der Waals surface area contributed by atoms with Crippen molar-refractivity contribution in [2.75, 3.05) is 14.2 Å². The Balaban J connectivity index is 1.78. The van der Waals surface area contributed by atoms with E-state index in [-0.39, 0.29) is 5.78 Å². The lowest BCUT2D eigenvalue weighted by molar-refractivity contribution is 0.0997. The lowest BCUT2D eigenvalue weighted by atomic mass is 10.1. The molecule has 0 saturated carbocycles. The lowest BCUT2D eigenvalue weighted by Crippen LogP contribution is -2.01. The van der Waals surface area contributed by atoms with Gasteiger partial charge in [-0.3, -0.25) is 4.79 Å². The summed E-state index contributed by atoms with van der Waals surface area (Å²) in [5.74, 6) is 1.69. The van der Waals surface area contributed by atoms with E-state index in [1.807, 2.05) is 60.7 Å². The number of Topliss-reactive ketones (excluding diaryl/α,β-unsaturated/α-hetero) is 1. The summed E-state index contributed by atoms with van der Waals surface area (Å²) in [6, 6.07) is 19.3. The van der Waals surface area contributed by atoms with Gasteiger partial charge in [0.1, 0.15) is 11.5 Å². The van der Waals surface area contributed by atoms with Crippen LogP contribution in [-0.2, 0) is 6.42 Å². The molecule has 24 heavy (non-hydrogen) atoms. The van der Waals surface area contributed by atoms with Crippen LogP contribution in [0.5, 0.6) is 11.5 Å². The van der Waals surface area contributed by atoms with Gasteiger partial charge in [-0.25, -0.2) is 0 Å². The Bertz CT molecular complexity index is 851. The molecule has 122 valence electrons. The van der Waals surface area contributed by atoms with Crippen molar-refractivity contribution >= 4 is 17.1 Å². The predicted octanol–water partition coefficient (Wildman–Crippen LogP) is 4.86. The third-order valence-electron chi connectivity index (χ3n) is 3.73. The molecule has 0 N–H and O–H groups in total. The van der Waals surface area contributed by atoms with Crippen LogP contribution in [0, 0.1) is 0 Å². The number of rotatable bonds is 6. The Morgan fingerprint density at radius 1 is 0.917 bits per heavy atom. The molecule has 3 rings (SSSR count). The second-order valence-corrected chi connectivity index (χ2v) is 6.43. The first-order chi connectivity index (χ1) is 11.7. The first-order valence-corrected chi connectivity index (χ1v) is 8.41. The summed E-state index contributed by atoms with van der Waals surface area (Å²) in [7, 11) is 3.28. The fraction of sp³-hybridized carbons (Fsp3) is 0.150. The van der Waals surface area contributed by atoms with E-state index in [1.165, 1.54) is 11.3 Å². The molecule has 0 amide bonds. The van der Waals surface area contributed by atoms with E-state index in [2.05, 4.69) is 0 Å². The Hall–Kier alpha value is -2.59. The van der Waals surface area contributed by atoms with Gasteiger partial charge < -0.3 is 9.47 Å². The minimum atomic E-state index is 0.113. The molecule has 0 aliphatic heterocycles. The van der Waals surface area contributed by atoms with E-state index >= 15 is 0 Å². The summed E-state index contributed by atoms with van der Waals surface area (Å²) in [5.41, 5.74) is 2.01. The van der Waals surface area contributed by atoms with E-state index < -0.39 is 0 Å². The van der Waals surface area contributed by atoms with Gasteiger partial charge in [-0.05, 0) is 47.5 Å². The number of hydrogen-bond donors (Lipinski definition) is 0. The number of hydrogen-bond acceptors (Lipinski definition) is 4. The summed E-state index contributed by atoms with van der Waals surface area (Å²) < 4.78 is 10.5. The Morgan fingerprint density at radius 3 is 2.38 bits per heavy atom. The summed E-state index contributed by atoms with van der Waals surface area (Å²) >= 11 is 1.51. The second kappa shape index (κ2) is 7.32. The van der Waals surface area contributed by atoms with E-state index in [1.54, 1.807) is 14.2 Å². The van der Waals surface area contributed by atoms with Crippen LogP contribution in [0.4, 0.5) is 0 Å². The van der Waals surface area contributed by atoms with Crippen molar-refractivity contribution in [3.63, 3.8) is 0 Å². The molecule has 4 heteroatoms. The van der Waals surface area contributed by atoms with Crippen LogP contribution in [0.25, 0.3) is 10.4 Å². The quantitative estimate of drug-likeness (QED) is 0.602. The van der Waals surface area contributed by atoms with Crippen molar-refractivity contribution in [2.24, 2.45) is 0 Å². The number of carbonyl (C=O) groups is 1. The zero-order valence-electron chi connectivity index (χ0n) is 13.6. The Labute approximate surface area is 145 Å². The molecular weight excluding hydrogens is 320 g/mol. The second-order valence-electron chi connectivity index (χ2n) is 5.35. The highest BCUT2D eigenvalue weighted by molar-refractivity contribution is 7.17. The van der Waals surface area contributed by atoms with Gasteiger partial charge in [0.05, 0.1) is 19.1 Å².